The van der Waals surface area contributed by atoms with Gasteiger partial charge in [-0.05, 0) is 63.9 Å². The fraction of sp³-hybridized carbons (Fsp3) is 0.400. The van der Waals surface area contributed by atoms with E-state index in [1.165, 1.54) is 3.97 Å². The van der Waals surface area contributed by atoms with Gasteiger partial charge in [-0.25, -0.2) is 17.2 Å². The molecule has 3 aromatic rings. The summed E-state index contributed by atoms with van der Waals surface area (Å²) in [6.07, 6.45) is 2.13. The number of rotatable bonds is 2. The highest BCUT2D eigenvalue weighted by Gasteiger charge is 2.37. The summed E-state index contributed by atoms with van der Waals surface area (Å²) in [5.74, 6) is 0. The fourth-order valence-electron chi connectivity index (χ4n) is 4.83. The van der Waals surface area contributed by atoms with Crippen LogP contribution in [0.15, 0.2) is 53.6 Å². The number of nitrogens with zero attached hydrogens (tertiary/aromatic N) is 3. The van der Waals surface area contributed by atoms with Crippen molar-refractivity contribution in [3.63, 3.8) is 0 Å². The zero-order valence-corrected chi connectivity index (χ0v) is 20.2. The Morgan fingerprint density at radius 3 is 2.48 bits per heavy atom. The molecule has 8 heteroatoms. The predicted octanol–water partition coefficient (Wildman–Crippen LogP) is 4.17. The molecule has 1 amide bonds. The molecule has 3 heterocycles. The summed E-state index contributed by atoms with van der Waals surface area (Å²) in [7, 11) is -3.72. The van der Waals surface area contributed by atoms with Gasteiger partial charge in [0, 0.05) is 36.9 Å². The molecule has 1 saturated heterocycles. The van der Waals surface area contributed by atoms with Crippen molar-refractivity contribution < 1.29 is 17.9 Å². The molecule has 0 radical (unpaired) electrons. The van der Waals surface area contributed by atoms with Crippen molar-refractivity contribution in [1.82, 2.24) is 8.87 Å². The van der Waals surface area contributed by atoms with Crippen molar-refractivity contribution in [2.24, 2.45) is 0 Å². The lowest BCUT2D eigenvalue weighted by atomic mass is 9.94. The highest BCUT2D eigenvalue weighted by atomic mass is 32.2. The number of carbonyl (C=O) groups excluding carboxylic acids is 1. The Hall–Kier alpha value is -3.00. The second kappa shape index (κ2) is 7.52. The minimum atomic E-state index is -3.72. The number of hydrogen-bond acceptors (Lipinski definition) is 5. The molecule has 0 bridgehead atoms. The fourth-order valence-corrected chi connectivity index (χ4v) is 6.21. The summed E-state index contributed by atoms with van der Waals surface area (Å²) in [6, 6.07) is 12.8. The quantitative estimate of drug-likeness (QED) is 0.566. The average Bonchev–Trinajstić information content (AvgIpc) is 3.13. The first-order valence-electron chi connectivity index (χ1n) is 11.2. The molecule has 174 valence electrons. The smallest absolute Gasteiger partial charge is 0.410 e. The minimum Gasteiger partial charge on any atom is -0.444 e. The number of anilines is 1. The van der Waals surface area contributed by atoms with E-state index in [0.29, 0.717) is 31.6 Å². The topological polar surface area (TPSA) is 71.9 Å². The van der Waals surface area contributed by atoms with Gasteiger partial charge in [0.15, 0.2) is 0 Å². The number of fused-ring (bicyclic) bond motifs is 2. The predicted molar refractivity (Wildman–Crippen MR) is 128 cm³/mol. The van der Waals surface area contributed by atoms with Gasteiger partial charge in [-0.15, -0.1) is 0 Å². The molecule has 1 aromatic heterocycles. The molecule has 2 aromatic carbocycles. The summed E-state index contributed by atoms with van der Waals surface area (Å²) in [4.78, 5) is 17.0. The summed E-state index contributed by atoms with van der Waals surface area (Å²) in [5.41, 5.74) is 3.18. The van der Waals surface area contributed by atoms with Gasteiger partial charge in [0.25, 0.3) is 10.0 Å². The van der Waals surface area contributed by atoms with Gasteiger partial charge >= 0.3 is 6.09 Å². The second-order valence-corrected chi connectivity index (χ2v) is 11.7. The van der Waals surface area contributed by atoms with E-state index in [1.54, 1.807) is 23.2 Å². The zero-order valence-electron chi connectivity index (χ0n) is 19.4. The first-order chi connectivity index (χ1) is 15.5. The Morgan fingerprint density at radius 1 is 1.06 bits per heavy atom. The number of aryl methyl sites for hydroxylation is 1. The highest BCUT2D eigenvalue weighted by Crippen LogP contribution is 2.40. The van der Waals surface area contributed by atoms with Crippen LogP contribution in [0.1, 0.15) is 31.9 Å². The maximum absolute atomic E-state index is 13.5. The third-order valence-corrected chi connectivity index (χ3v) is 8.02. The van der Waals surface area contributed by atoms with Crippen molar-refractivity contribution in [3.05, 3.63) is 59.8 Å². The van der Waals surface area contributed by atoms with E-state index in [-0.39, 0.29) is 17.0 Å². The lowest BCUT2D eigenvalue weighted by molar-refractivity contribution is 0.0214. The number of piperazine rings is 1. The van der Waals surface area contributed by atoms with Crippen LogP contribution in [0, 0.1) is 6.92 Å². The van der Waals surface area contributed by atoms with Gasteiger partial charge in [0.05, 0.1) is 16.5 Å². The molecule has 0 spiro atoms. The number of ether oxygens (including phenoxy) is 1. The van der Waals surface area contributed by atoms with E-state index in [9.17, 15) is 13.2 Å². The van der Waals surface area contributed by atoms with Crippen LogP contribution < -0.4 is 4.90 Å². The Labute approximate surface area is 194 Å². The van der Waals surface area contributed by atoms with Crippen LogP contribution in [0.2, 0.25) is 0 Å². The Balaban J connectivity index is 1.51. The molecule has 1 unspecified atom stereocenters. The first-order valence-corrected chi connectivity index (χ1v) is 12.7. The number of benzene rings is 2. The number of carbonyl (C=O) groups is 1. The van der Waals surface area contributed by atoms with E-state index in [4.69, 9.17) is 4.74 Å². The molecule has 0 N–H and O–H groups in total. The van der Waals surface area contributed by atoms with Crippen LogP contribution in [-0.2, 0) is 21.2 Å². The molecule has 1 fully saturated rings. The van der Waals surface area contributed by atoms with Crippen molar-refractivity contribution in [2.75, 3.05) is 24.5 Å². The summed E-state index contributed by atoms with van der Waals surface area (Å²) in [6.45, 7) is 9.33. The maximum Gasteiger partial charge on any atom is 0.410 e. The first kappa shape index (κ1) is 21.8. The molecule has 2 aliphatic heterocycles. The number of hydrogen-bond donors (Lipinski definition) is 0. The number of amides is 1. The van der Waals surface area contributed by atoms with Gasteiger partial charge in [-0.2, -0.15) is 0 Å². The van der Waals surface area contributed by atoms with Crippen molar-refractivity contribution in [2.45, 2.75) is 50.7 Å². The van der Waals surface area contributed by atoms with Crippen LogP contribution in [0.4, 0.5) is 10.5 Å². The Kier molecular flexibility index (Phi) is 4.97. The van der Waals surface area contributed by atoms with E-state index >= 15 is 0 Å². The van der Waals surface area contributed by atoms with Crippen molar-refractivity contribution in [3.8, 4) is 0 Å². The van der Waals surface area contributed by atoms with E-state index in [1.807, 2.05) is 58.0 Å². The lowest BCUT2D eigenvalue weighted by Crippen LogP contribution is -2.57. The van der Waals surface area contributed by atoms with Crippen LogP contribution in [-0.4, -0.2) is 54.7 Å². The molecule has 0 aliphatic carbocycles. The van der Waals surface area contributed by atoms with Crippen LogP contribution >= 0.6 is 0 Å². The largest absolute Gasteiger partial charge is 0.444 e. The normalized spacial score (nSPS) is 18.4. The third-order valence-electron chi connectivity index (χ3n) is 6.33. The van der Waals surface area contributed by atoms with E-state index in [2.05, 4.69) is 4.90 Å². The Bertz CT molecular complexity index is 1340. The number of aromatic nitrogens is 1. The standard InChI is InChI=1S/C25H29N3O4S/c1-17-8-10-20(11-9-17)33(30,31)28-15-18-14-19-16-26(24(29)32-25(2,3)4)12-13-27(19)21-6-5-7-22(28)23(18)21/h5-11,15,19H,12-14,16H2,1-4H3. The van der Waals surface area contributed by atoms with Gasteiger partial charge in [0.2, 0.25) is 0 Å². The van der Waals surface area contributed by atoms with Crippen LogP contribution in [0.3, 0.4) is 0 Å². The molecule has 7 nitrogen and oxygen atoms in total. The van der Waals surface area contributed by atoms with E-state index < -0.39 is 15.6 Å². The molecule has 1 atom stereocenters. The summed E-state index contributed by atoms with van der Waals surface area (Å²) < 4.78 is 34.0. The highest BCUT2D eigenvalue weighted by molar-refractivity contribution is 7.90. The van der Waals surface area contributed by atoms with Crippen molar-refractivity contribution >= 4 is 32.7 Å². The zero-order chi connectivity index (χ0) is 23.5. The van der Waals surface area contributed by atoms with Gasteiger partial charge < -0.3 is 14.5 Å². The molecular weight excluding hydrogens is 438 g/mol. The minimum absolute atomic E-state index is 0.0716. The maximum atomic E-state index is 13.5. The Morgan fingerprint density at radius 2 is 1.79 bits per heavy atom. The molecule has 33 heavy (non-hydrogen) atoms. The van der Waals surface area contributed by atoms with Gasteiger partial charge in [0.1, 0.15) is 5.60 Å². The van der Waals surface area contributed by atoms with Gasteiger partial charge in [-0.1, -0.05) is 23.8 Å². The average molecular weight is 468 g/mol. The SMILES string of the molecule is Cc1ccc(S(=O)(=O)n2cc3c4c(cccc42)N2CCN(C(=O)OC(C)(C)C)CC2C3)cc1. The van der Waals surface area contributed by atoms with Crippen LogP contribution in [0.5, 0.6) is 0 Å². The summed E-state index contributed by atoms with van der Waals surface area (Å²) >= 11 is 0. The second-order valence-electron chi connectivity index (χ2n) is 9.92. The molecule has 5 rings (SSSR count). The molecule has 2 aliphatic rings. The lowest BCUT2D eigenvalue weighted by Gasteiger charge is -2.45. The van der Waals surface area contributed by atoms with Crippen LogP contribution in [0.25, 0.3) is 10.9 Å². The summed E-state index contributed by atoms with van der Waals surface area (Å²) in [5, 5.41) is 0.982. The third kappa shape index (κ3) is 3.76. The van der Waals surface area contributed by atoms with Gasteiger partial charge in [-0.3, -0.25) is 0 Å². The van der Waals surface area contributed by atoms with Crippen molar-refractivity contribution in [1.29, 1.82) is 0 Å². The van der Waals surface area contributed by atoms with E-state index in [0.717, 1.165) is 22.2 Å². The molecule has 0 saturated carbocycles. The monoisotopic (exact) mass is 467 g/mol. The molecular formula is C25H29N3O4S.